The van der Waals surface area contributed by atoms with E-state index >= 15 is 0 Å². The van der Waals surface area contributed by atoms with Gasteiger partial charge in [-0.15, -0.1) is 0 Å². The molecule has 0 saturated heterocycles. The van der Waals surface area contributed by atoms with Crippen LogP contribution in [0.15, 0.2) is 84.9 Å². The molecule has 1 heterocycles. The number of aryl methyl sites for hydroxylation is 1. The molecule has 2 heteroatoms. The predicted molar refractivity (Wildman–Crippen MR) is 130 cm³/mol. The Balaban J connectivity index is 1.75. The Morgan fingerprint density at radius 3 is 1.94 bits per heavy atom. The van der Waals surface area contributed by atoms with Crippen molar-refractivity contribution in [2.45, 2.75) is 58.2 Å². The number of anilines is 1. The van der Waals surface area contributed by atoms with Crippen LogP contribution in [0.5, 0.6) is 0 Å². The lowest BCUT2D eigenvalue weighted by Crippen LogP contribution is -2.62. The summed E-state index contributed by atoms with van der Waals surface area (Å²) in [4.78, 5) is 2.57. The lowest BCUT2D eigenvalue weighted by molar-refractivity contribution is -0.649. The molecule has 1 aliphatic carbocycles. The van der Waals surface area contributed by atoms with Crippen molar-refractivity contribution >= 4 is 12.0 Å². The second-order valence-electron chi connectivity index (χ2n) is 9.99. The average molecular weight is 410 g/mol. The summed E-state index contributed by atoms with van der Waals surface area (Å²) in [6, 6.07) is 31.5. The fourth-order valence-corrected chi connectivity index (χ4v) is 5.97. The van der Waals surface area contributed by atoms with Gasteiger partial charge >= 0.3 is 0 Å². The number of hydrogen-bond donors (Lipinski definition) is 0. The van der Waals surface area contributed by atoms with E-state index in [1.807, 2.05) is 0 Å². The molecule has 2 nitrogen and oxygen atoms in total. The molecule has 1 saturated carbocycles. The van der Waals surface area contributed by atoms with E-state index in [2.05, 4.69) is 128 Å². The first-order chi connectivity index (χ1) is 14.9. The highest BCUT2D eigenvalue weighted by Crippen LogP contribution is 2.55. The summed E-state index contributed by atoms with van der Waals surface area (Å²) in [5.74, 6) is 0. The zero-order valence-electron chi connectivity index (χ0n) is 19.1. The van der Waals surface area contributed by atoms with Crippen molar-refractivity contribution in [2.24, 2.45) is 5.41 Å². The molecular weight excluding hydrogens is 376 g/mol. The van der Waals surface area contributed by atoms with Crippen LogP contribution in [-0.2, 0) is 0 Å². The van der Waals surface area contributed by atoms with Crippen LogP contribution in [0.1, 0.15) is 56.3 Å². The molecule has 0 amide bonds. The second kappa shape index (κ2) is 7.37. The number of hydrogen-bond acceptors (Lipinski definition) is 1. The molecule has 2 aliphatic rings. The van der Waals surface area contributed by atoms with Crippen molar-refractivity contribution in [2.75, 3.05) is 4.90 Å². The van der Waals surface area contributed by atoms with Crippen LogP contribution in [0.4, 0.5) is 5.69 Å². The molecular formula is C29H33N2+. The first-order valence-electron chi connectivity index (χ1n) is 11.5. The Morgan fingerprint density at radius 1 is 0.806 bits per heavy atom. The first kappa shape index (κ1) is 20.1. The van der Waals surface area contributed by atoms with Crippen LogP contribution in [-0.4, -0.2) is 22.5 Å². The summed E-state index contributed by atoms with van der Waals surface area (Å²) in [5.41, 5.74) is 5.57. The van der Waals surface area contributed by atoms with Crippen molar-refractivity contribution in [3.05, 3.63) is 102 Å². The number of fused-ring (bicyclic) bond motifs is 2. The van der Waals surface area contributed by atoms with Crippen LogP contribution < -0.4 is 4.90 Å². The third-order valence-corrected chi connectivity index (χ3v) is 8.18. The third kappa shape index (κ3) is 3.04. The van der Waals surface area contributed by atoms with E-state index in [4.69, 9.17) is 0 Å². The highest BCUT2D eigenvalue weighted by atomic mass is 15.3. The van der Waals surface area contributed by atoms with Crippen molar-refractivity contribution < 1.29 is 4.58 Å². The lowest BCUT2D eigenvalue weighted by atomic mass is 9.71. The molecule has 0 aromatic heterocycles. The minimum atomic E-state index is 0.0766. The minimum absolute atomic E-state index is 0.0766. The maximum atomic E-state index is 2.67. The molecule has 31 heavy (non-hydrogen) atoms. The van der Waals surface area contributed by atoms with Crippen molar-refractivity contribution in [3.63, 3.8) is 0 Å². The summed E-state index contributed by atoms with van der Waals surface area (Å²) in [5, 5.41) is 0. The Kier molecular flexibility index (Phi) is 4.77. The zero-order chi connectivity index (χ0) is 21.6. The largest absolute Gasteiger partial charge is 0.251 e. The van der Waals surface area contributed by atoms with Gasteiger partial charge < -0.3 is 0 Å². The summed E-state index contributed by atoms with van der Waals surface area (Å²) in [7, 11) is 0. The molecule has 0 unspecified atom stereocenters. The molecule has 158 valence electrons. The maximum absolute atomic E-state index is 2.67. The number of nitrogens with zero attached hydrogens (tertiary/aromatic N) is 2. The molecule has 3 aromatic rings. The Morgan fingerprint density at radius 2 is 1.35 bits per heavy atom. The van der Waals surface area contributed by atoms with Crippen LogP contribution in [0.3, 0.4) is 0 Å². The van der Waals surface area contributed by atoms with E-state index in [1.165, 1.54) is 35.2 Å². The first-order valence-corrected chi connectivity index (χ1v) is 11.5. The fraction of sp³-hybridized carbons (Fsp3) is 0.345. The Hall–Kier alpha value is -2.87. The third-order valence-electron chi connectivity index (χ3n) is 8.18. The molecule has 2 atom stereocenters. The summed E-state index contributed by atoms with van der Waals surface area (Å²) >= 11 is 0. The average Bonchev–Trinajstić information content (AvgIpc) is 2.92. The lowest BCUT2D eigenvalue weighted by Gasteiger charge is -2.48. The van der Waals surface area contributed by atoms with Crippen LogP contribution >= 0.6 is 0 Å². The number of benzene rings is 3. The van der Waals surface area contributed by atoms with Gasteiger partial charge in [0.2, 0.25) is 6.34 Å². The Labute approximate surface area is 186 Å². The van der Waals surface area contributed by atoms with Gasteiger partial charge in [-0.25, -0.2) is 4.90 Å². The molecule has 0 N–H and O–H groups in total. The quantitative estimate of drug-likeness (QED) is 0.440. The predicted octanol–water partition coefficient (Wildman–Crippen LogP) is 6.59. The number of para-hydroxylation sites is 1. The summed E-state index contributed by atoms with van der Waals surface area (Å²) < 4.78 is 2.67. The highest BCUT2D eigenvalue weighted by Gasteiger charge is 2.64. The van der Waals surface area contributed by atoms with Gasteiger partial charge in [-0.3, -0.25) is 4.58 Å². The van der Waals surface area contributed by atoms with E-state index in [9.17, 15) is 0 Å². The molecule has 3 aromatic carbocycles. The molecule has 0 radical (unpaired) electrons. The van der Waals surface area contributed by atoms with Gasteiger partial charge in [0.15, 0.2) is 0 Å². The van der Waals surface area contributed by atoms with Gasteiger partial charge in [0.05, 0.1) is 0 Å². The second-order valence-corrected chi connectivity index (χ2v) is 9.99. The van der Waals surface area contributed by atoms with E-state index in [1.54, 1.807) is 0 Å². The van der Waals surface area contributed by atoms with Gasteiger partial charge in [-0.1, -0.05) is 92.7 Å². The van der Waals surface area contributed by atoms with Gasteiger partial charge in [0.1, 0.15) is 23.3 Å². The van der Waals surface area contributed by atoms with Crippen LogP contribution in [0.25, 0.3) is 0 Å². The smallest absolute Gasteiger partial charge is 0.240 e. The Bertz CT molecular complexity index is 1060. The summed E-state index contributed by atoms with van der Waals surface area (Å²) in [6.07, 6.45) is 4.84. The highest BCUT2D eigenvalue weighted by molar-refractivity contribution is 5.80. The fourth-order valence-electron chi connectivity index (χ4n) is 5.97. The van der Waals surface area contributed by atoms with E-state index in [0.717, 1.165) is 0 Å². The van der Waals surface area contributed by atoms with Gasteiger partial charge in [-0.05, 0) is 38.3 Å². The molecule has 1 fully saturated rings. The van der Waals surface area contributed by atoms with E-state index in [-0.39, 0.29) is 17.0 Å². The normalized spacial score (nSPS) is 24.4. The van der Waals surface area contributed by atoms with Crippen LogP contribution in [0.2, 0.25) is 0 Å². The van der Waals surface area contributed by atoms with Gasteiger partial charge in [0, 0.05) is 16.5 Å². The van der Waals surface area contributed by atoms with Crippen molar-refractivity contribution in [1.82, 2.24) is 0 Å². The minimum Gasteiger partial charge on any atom is -0.251 e. The van der Waals surface area contributed by atoms with E-state index < -0.39 is 0 Å². The van der Waals surface area contributed by atoms with Crippen molar-refractivity contribution in [3.8, 4) is 0 Å². The molecule has 1 aliphatic heterocycles. The topological polar surface area (TPSA) is 6.25 Å². The number of rotatable bonds is 4. The molecule has 2 bridgehead atoms. The standard InChI is InChI=1S/C29H33N2/c1-22-13-11-12-18-25(22)30-21-31(29(4)20-19-26(30)28(29,2)3)27(23-14-7-5-8-15-23)24-16-9-6-10-17-24/h5-18,21,26-27H,19-20H2,1-4H3/q+1/t26-,29+/m0/s1. The maximum Gasteiger partial charge on any atom is 0.240 e. The monoisotopic (exact) mass is 409 g/mol. The van der Waals surface area contributed by atoms with Gasteiger partial charge in [0.25, 0.3) is 0 Å². The zero-order valence-corrected chi connectivity index (χ0v) is 19.1. The molecule has 5 rings (SSSR count). The van der Waals surface area contributed by atoms with E-state index in [0.29, 0.717) is 6.04 Å². The van der Waals surface area contributed by atoms with Crippen LogP contribution in [0, 0.1) is 12.3 Å². The molecule has 0 spiro atoms. The van der Waals surface area contributed by atoms with Gasteiger partial charge in [-0.2, -0.15) is 0 Å². The SMILES string of the molecule is Cc1ccccc1N1C=[N+](C(c2ccccc2)c2ccccc2)[C@]2(C)CC[C@H]1C2(C)C. The summed E-state index contributed by atoms with van der Waals surface area (Å²) in [6.45, 7) is 9.67. The van der Waals surface area contributed by atoms with Crippen molar-refractivity contribution in [1.29, 1.82) is 0 Å².